The van der Waals surface area contributed by atoms with Crippen LogP contribution < -0.4 is 20.4 Å². The van der Waals surface area contributed by atoms with E-state index in [4.69, 9.17) is 0 Å². The molecule has 8 heteroatoms. The highest BCUT2D eigenvalue weighted by atomic mass is 16.2. The SMILES string of the molecule is C[C@@H]1CNCCN1c1ncc(N2CCC(=O)NC2=O)cn1. The van der Waals surface area contributed by atoms with Crippen molar-refractivity contribution in [1.82, 2.24) is 20.6 Å². The number of carbonyl (C=O) groups excluding carboxylic acids is 2. The molecule has 2 fully saturated rings. The molecule has 0 unspecified atom stereocenters. The number of aromatic nitrogens is 2. The monoisotopic (exact) mass is 290 g/mol. The minimum absolute atomic E-state index is 0.247. The fraction of sp³-hybridized carbons (Fsp3) is 0.538. The molecule has 3 heterocycles. The van der Waals surface area contributed by atoms with Crippen LogP contribution in [0.4, 0.5) is 16.4 Å². The van der Waals surface area contributed by atoms with Crippen LogP contribution in [0, 0.1) is 0 Å². The summed E-state index contributed by atoms with van der Waals surface area (Å²) >= 11 is 0. The summed E-state index contributed by atoms with van der Waals surface area (Å²) in [6, 6.07) is -0.0846. The predicted octanol–water partition coefficient (Wildman–Crippen LogP) is -0.279. The fourth-order valence-electron chi connectivity index (χ4n) is 2.55. The van der Waals surface area contributed by atoms with Gasteiger partial charge in [-0.05, 0) is 6.92 Å². The van der Waals surface area contributed by atoms with Gasteiger partial charge in [0.15, 0.2) is 0 Å². The van der Waals surface area contributed by atoms with Crippen molar-refractivity contribution in [3.05, 3.63) is 12.4 Å². The second-order valence-corrected chi connectivity index (χ2v) is 5.24. The zero-order valence-electron chi connectivity index (χ0n) is 11.9. The Hall–Kier alpha value is -2.22. The summed E-state index contributed by atoms with van der Waals surface area (Å²) in [5, 5.41) is 5.60. The number of piperazine rings is 1. The lowest BCUT2D eigenvalue weighted by Crippen LogP contribution is -2.51. The molecular formula is C13H18N6O2. The van der Waals surface area contributed by atoms with Crippen molar-refractivity contribution in [2.45, 2.75) is 19.4 Å². The molecule has 0 aliphatic carbocycles. The zero-order valence-corrected chi connectivity index (χ0v) is 11.9. The number of hydrogen-bond donors (Lipinski definition) is 2. The van der Waals surface area contributed by atoms with Crippen LogP contribution in [0.1, 0.15) is 13.3 Å². The fourth-order valence-corrected chi connectivity index (χ4v) is 2.55. The van der Waals surface area contributed by atoms with Gasteiger partial charge >= 0.3 is 6.03 Å². The summed E-state index contributed by atoms with van der Waals surface area (Å²) in [4.78, 5) is 35.2. The van der Waals surface area contributed by atoms with Gasteiger partial charge in [0.2, 0.25) is 11.9 Å². The number of urea groups is 1. The van der Waals surface area contributed by atoms with Gasteiger partial charge in [0.25, 0.3) is 0 Å². The Morgan fingerprint density at radius 1 is 1.24 bits per heavy atom. The molecule has 0 radical (unpaired) electrons. The maximum absolute atomic E-state index is 11.8. The van der Waals surface area contributed by atoms with Crippen LogP contribution in [-0.4, -0.2) is 54.1 Å². The Bertz CT molecular complexity index is 546. The second-order valence-electron chi connectivity index (χ2n) is 5.24. The van der Waals surface area contributed by atoms with E-state index < -0.39 is 6.03 Å². The zero-order chi connectivity index (χ0) is 14.8. The van der Waals surface area contributed by atoms with Crippen molar-refractivity contribution in [2.24, 2.45) is 0 Å². The molecule has 21 heavy (non-hydrogen) atoms. The molecule has 0 bridgehead atoms. The van der Waals surface area contributed by atoms with E-state index in [1.165, 1.54) is 4.90 Å². The highest BCUT2D eigenvalue weighted by Crippen LogP contribution is 2.18. The van der Waals surface area contributed by atoms with Gasteiger partial charge in [-0.3, -0.25) is 15.0 Å². The summed E-state index contributed by atoms with van der Waals surface area (Å²) in [6.07, 6.45) is 3.56. The van der Waals surface area contributed by atoms with Crippen LogP contribution in [0.5, 0.6) is 0 Å². The maximum atomic E-state index is 11.8. The molecule has 1 aromatic rings. The van der Waals surface area contributed by atoms with Gasteiger partial charge in [0, 0.05) is 38.6 Å². The number of carbonyl (C=O) groups is 2. The smallest absolute Gasteiger partial charge is 0.328 e. The van der Waals surface area contributed by atoms with Gasteiger partial charge in [-0.2, -0.15) is 0 Å². The van der Waals surface area contributed by atoms with E-state index in [2.05, 4.69) is 32.4 Å². The minimum atomic E-state index is -0.418. The number of amides is 3. The molecule has 2 saturated heterocycles. The predicted molar refractivity (Wildman–Crippen MR) is 77.2 cm³/mol. The van der Waals surface area contributed by atoms with E-state index in [1.54, 1.807) is 12.4 Å². The van der Waals surface area contributed by atoms with E-state index in [0.29, 0.717) is 30.6 Å². The second kappa shape index (κ2) is 5.65. The average Bonchev–Trinajstić information content (AvgIpc) is 2.48. The number of nitrogens with zero attached hydrogens (tertiary/aromatic N) is 4. The molecule has 3 amide bonds. The van der Waals surface area contributed by atoms with Crippen LogP contribution in [-0.2, 0) is 4.79 Å². The standard InChI is InChI=1S/C13H18N6O2/c1-9-6-14-3-5-18(9)12-15-7-10(8-16-12)19-4-2-11(20)17-13(19)21/h7-9,14H,2-6H2,1H3,(H,17,20,21)/t9-/m1/s1. The van der Waals surface area contributed by atoms with Gasteiger partial charge in [-0.25, -0.2) is 14.8 Å². The van der Waals surface area contributed by atoms with Crippen LogP contribution >= 0.6 is 0 Å². The maximum Gasteiger partial charge on any atom is 0.328 e. The summed E-state index contributed by atoms with van der Waals surface area (Å²) < 4.78 is 0. The first-order valence-corrected chi connectivity index (χ1v) is 7.06. The molecule has 2 N–H and O–H groups in total. The van der Waals surface area contributed by atoms with Crippen molar-refractivity contribution in [3.63, 3.8) is 0 Å². The third-order valence-electron chi connectivity index (χ3n) is 3.75. The Kier molecular flexibility index (Phi) is 3.70. The van der Waals surface area contributed by atoms with E-state index in [9.17, 15) is 9.59 Å². The largest absolute Gasteiger partial charge is 0.336 e. The van der Waals surface area contributed by atoms with Crippen LogP contribution in [0.25, 0.3) is 0 Å². The van der Waals surface area contributed by atoms with Crippen LogP contribution in [0.2, 0.25) is 0 Å². The van der Waals surface area contributed by atoms with Crippen LogP contribution in [0.3, 0.4) is 0 Å². The molecule has 8 nitrogen and oxygen atoms in total. The summed E-state index contributed by atoms with van der Waals surface area (Å²) in [5.41, 5.74) is 0.603. The van der Waals surface area contributed by atoms with E-state index in [1.807, 2.05) is 0 Å². The Labute approximate surface area is 122 Å². The lowest BCUT2D eigenvalue weighted by atomic mass is 10.2. The molecule has 0 aromatic carbocycles. The van der Waals surface area contributed by atoms with Crippen molar-refractivity contribution in [3.8, 4) is 0 Å². The number of nitrogens with one attached hydrogen (secondary N) is 2. The quantitative estimate of drug-likeness (QED) is 0.778. The molecule has 1 atom stereocenters. The highest BCUT2D eigenvalue weighted by molar-refractivity contribution is 6.05. The molecule has 0 saturated carbocycles. The molecule has 2 aliphatic heterocycles. The van der Waals surface area contributed by atoms with Gasteiger partial charge < -0.3 is 10.2 Å². The lowest BCUT2D eigenvalue weighted by molar-refractivity contribution is -0.120. The summed E-state index contributed by atoms with van der Waals surface area (Å²) in [7, 11) is 0. The first-order valence-electron chi connectivity index (χ1n) is 7.06. The Balaban J connectivity index is 1.74. The third-order valence-corrected chi connectivity index (χ3v) is 3.75. The topological polar surface area (TPSA) is 90.5 Å². The normalized spacial score (nSPS) is 23.2. The van der Waals surface area contributed by atoms with Crippen molar-refractivity contribution in [2.75, 3.05) is 36.0 Å². The first-order chi connectivity index (χ1) is 10.1. The van der Waals surface area contributed by atoms with Crippen LogP contribution in [0.15, 0.2) is 12.4 Å². The molecule has 3 rings (SSSR count). The third kappa shape index (κ3) is 2.80. The van der Waals surface area contributed by atoms with Gasteiger partial charge in [-0.1, -0.05) is 0 Å². The Morgan fingerprint density at radius 2 is 2.00 bits per heavy atom. The Morgan fingerprint density at radius 3 is 2.67 bits per heavy atom. The number of rotatable bonds is 2. The van der Waals surface area contributed by atoms with Crippen molar-refractivity contribution in [1.29, 1.82) is 0 Å². The van der Waals surface area contributed by atoms with Gasteiger partial charge in [-0.15, -0.1) is 0 Å². The lowest BCUT2D eigenvalue weighted by Gasteiger charge is -2.34. The van der Waals surface area contributed by atoms with Gasteiger partial charge in [0.05, 0.1) is 18.1 Å². The molecule has 0 spiro atoms. The molecule has 1 aromatic heterocycles. The average molecular weight is 290 g/mol. The molecular weight excluding hydrogens is 272 g/mol. The minimum Gasteiger partial charge on any atom is -0.336 e. The van der Waals surface area contributed by atoms with E-state index in [0.717, 1.165) is 19.6 Å². The number of anilines is 2. The van der Waals surface area contributed by atoms with Gasteiger partial charge in [0.1, 0.15) is 0 Å². The first kappa shape index (κ1) is 13.7. The van der Waals surface area contributed by atoms with E-state index in [-0.39, 0.29) is 5.91 Å². The highest BCUT2D eigenvalue weighted by Gasteiger charge is 2.25. The van der Waals surface area contributed by atoms with Crippen molar-refractivity contribution >= 4 is 23.6 Å². The number of imide groups is 1. The summed E-state index contributed by atoms with van der Waals surface area (Å²) in [5.74, 6) is 0.421. The summed E-state index contributed by atoms with van der Waals surface area (Å²) in [6.45, 7) is 5.15. The molecule has 112 valence electrons. The van der Waals surface area contributed by atoms with E-state index >= 15 is 0 Å². The number of hydrogen-bond acceptors (Lipinski definition) is 6. The molecule has 2 aliphatic rings. The van der Waals surface area contributed by atoms with Crippen molar-refractivity contribution < 1.29 is 9.59 Å².